The predicted octanol–water partition coefficient (Wildman–Crippen LogP) is 0.777. The van der Waals surface area contributed by atoms with E-state index in [2.05, 4.69) is 10.2 Å². The van der Waals surface area contributed by atoms with Crippen molar-refractivity contribution in [3.05, 3.63) is 16.0 Å². The van der Waals surface area contributed by atoms with Gasteiger partial charge in [-0.2, -0.15) is 5.10 Å². The Morgan fingerprint density at radius 3 is 2.62 bits per heavy atom. The number of halogens is 1. The van der Waals surface area contributed by atoms with Gasteiger partial charge in [0, 0.05) is 6.20 Å². The lowest BCUT2D eigenvalue weighted by molar-refractivity contribution is 0.610. The molecule has 44 valence electrons. The third-order valence-electron chi connectivity index (χ3n) is 0.643. The molecular formula is C3H3IN2O2. The first-order valence-electron chi connectivity index (χ1n) is 1.85. The van der Waals surface area contributed by atoms with Crippen molar-refractivity contribution < 1.29 is 6.14 Å². The van der Waals surface area contributed by atoms with Crippen LogP contribution >= 0.6 is 19.8 Å². The Bertz CT molecular complexity index is 217. The van der Waals surface area contributed by atoms with Gasteiger partial charge in [-0.25, -0.2) is 6.14 Å². The van der Waals surface area contributed by atoms with Gasteiger partial charge < -0.3 is 0 Å². The highest BCUT2D eigenvalue weighted by Gasteiger charge is 1.95. The van der Waals surface area contributed by atoms with Crippen molar-refractivity contribution in [3.63, 3.8) is 0 Å². The van der Waals surface area contributed by atoms with E-state index < -0.39 is 19.8 Å². The lowest BCUT2D eigenvalue weighted by Gasteiger charge is -1.64. The van der Waals surface area contributed by atoms with E-state index in [-0.39, 0.29) is 0 Å². The SMILES string of the molecule is O=I(=O)c1cn[nH]c1. The maximum absolute atomic E-state index is 10.1. The average molecular weight is 226 g/mol. The normalized spacial score (nSPS) is 10.1. The highest BCUT2D eigenvalue weighted by Crippen LogP contribution is 2.13. The number of aromatic amines is 1. The molecule has 0 aromatic carbocycles. The van der Waals surface area contributed by atoms with Crippen molar-refractivity contribution in [1.29, 1.82) is 0 Å². The Balaban J connectivity index is 3.11. The van der Waals surface area contributed by atoms with Crippen molar-refractivity contribution in [1.82, 2.24) is 10.2 Å². The van der Waals surface area contributed by atoms with E-state index in [4.69, 9.17) is 0 Å². The molecule has 0 aliphatic rings. The smallest absolute Gasteiger partial charge is 0.284 e. The van der Waals surface area contributed by atoms with Crippen LogP contribution < -0.4 is 0 Å². The molecule has 0 amide bonds. The third-order valence-corrected chi connectivity index (χ3v) is 2.25. The van der Waals surface area contributed by atoms with E-state index >= 15 is 0 Å². The molecule has 0 unspecified atom stereocenters. The fourth-order valence-electron chi connectivity index (χ4n) is 0.320. The molecule has 8 heavy (non-hydrogen) atoms. The second-order valence-corrected chi connectivity index (χ2v) is 3.62. The second-order valence-electron chi connectivity index (χ2n) is 1.13. The van der Waals surface area contributed by atoms with E-state index in [0.29, 0.717) is 3.57 Å². The number of aromatic nitrogens is 2. The molecule has 0 aliphatic carbocycles. The lowest BCUT2D eigenvalue weighted by atomic mass is 10.8. The molecule has 0 fully saturated rings. The maximum Gasteiger partial charge on any atom is 0.344 e. The fraction of sp³-hybridized carbons (Fsp3) is 0. The highest BCUT2D eigenvalue weighted by molar-refractivity contribution is 14.2. The monoisotopic (exact) mass is 226 g/mol. The van der Waals surface area contributed by atoms with Crippen molar-refractivity contribution in [2.24, 2.45) is 0 Å². The molecule has 1 N–H and O–H groups in total. The summed E-state index contributed by atoms with van der Waals surface area (Å²) in [7, 11) is 0. The fourth-order valence-corrected chi connectivity index (χ4v) is 1.08. The van der Waals surface area contributed by atoms with Gasteiger partial charge in [-0.15, -0.1) is 0 Å². The molecule has 0 saturated heterocycles. The summed E-state index contributed by atoms with van der Waals surface area (Å²) in [5.74, 6) is 0. The Labute approximate surface area is 52.4 Å². The zero-order valence-corrected chi connectivity index (χ0v) is 5.95. The third kappa shape index (κ3) is 1.03. The first-order chi connectivity index (χ1) is 3.80. The Hall–Kier alpha value is -0.460. The molecule has 0 radical (unpaired) electrons. The lowest BCUT2D eigenvalue weighted by Crippen LogP contribution is -1.54. The molecule has 0 aliphatic heterocycles. The van der Waals surface area contributed by atoms with Crippen molar-refractivity contribution in [2.75, 3.05) is 0 Å². The van der Waals surface area contributed by atoms with Gasteiger partial charge in [0.15, 0.2) is 0 Å². The molecule has 5 heteroatoms. The van der Waals surface area contributed by atoms with Crippen LogP contribution in [-0.2, 0) is 6.14 Å². The van der Waals surface area contributed by atoms with Crippen molar-refractivity contribution in [2.45, 2.75) is 0 Å². The van der Waals surface area contributed by atoms with E-state index in [1.54, 1.807) is 0 Å². The topological polar surface area (TPSA) is 62.8 Å². The van der Waals surface area contributed by atoms with Crippen LogP contribution in [0.3, 0.4) is 0 Å². The Morgan fingerprint density at radius 2 is 2.38 bits per heavy atom. The summed E-state index contributed by atoms with van der Waals surface area (Å²) in [4.78, 5) is 0. The minimum absolute atomic E-state index is 0.314. The molecule has 1 aromatic heterocycles. The number of H-pyrrole nitrogens is 1. The van der Waals surface area contributed by atoms with Gasteiger partial charge >= 0.3 is 19.8 Å². The molecule has 0 spiro atoms. The van der Waals surface area contributed by atoms with Crippen molar-refractivity contribution in [3.8, 4) is 0 Å². The van der Waals surface area contributed by atoms with Crippen LogP contribution in [0.25, 0.3) is 0 Å². The molecule has 1 rings (SSSR count). The number of hydrogen-bond donors (Lipinski definition) is 1. The number of hydrogen-bond acceptors (Lipinski definition) is 3. The van der Waals surface area contributed by atoms with E-state index in [0.717, 1.165) is 0 Å². The van der Waals surface area contributed by atoms with Crippen molar-refractivity contribution >= 4 is 19.8 Å². The highest BCUT2D eigenvalue weighted by atomic mass is 127. The second kappa shape index (κ2) is 2.21. The van der Waals surface area contributed by atoms with Crippen LogP contribution in [0.5, 0.6) is 0 Å². The first kappa shape index (κ1) is 5.67. The van der Waals surface area contributed by atoms with Gasteiger partial charge in [0.1, 0.15) is 3.57 Å². The summed E-state index contributed by atoms with van der Waals surface area (Å²) in [6, 6.07) is 0. The summed E-state index contributed by atoms with van der Waals surface area (Å²) in [5, 5.41) is 5.86. The molecule has 0 bridgehead atoms. The summed E-state index contributed by atoms with van der Waals surface area (Å²) >= 11 is -3.22. The zero-order chi connectivity index (χ0) is 5.98. The maximum atomic E-state index is 10.1. The first-order valence-corrected chi connectivity index (χ1v) is 4.69. The minimum Gasteiger partial charge on any atom is -0.284 e. The predicted molar refractivity (Wildman–Crippen MR) is 32.7 cm³/mol. The number of nitrogens with one attached hydrogen (secondary N) is 1. The van der Waals surface area contributed by atoms with Crippen LogP contribution in [0.2, 0.25) is 0 Å². The van der Waals surface area contributed by atoms with E-state index in [9.17, 15) is 6.14 Å². The van der Waals surface area contributed by atoms with E-state index in [1.165, 1.54) is 12.4 Å². The van der Waals surface area contributed by atoms with Gasteiger partial charge in [-0.3, -0.25) is 5.10 Å². The van der Waals surface area contributed by atoms with Crippen LogP contribution in [-0.4, -0.2) is 10.2 Å². The van der Waals surface area contributed by atoms with Gasteiger partial charge in [0.2, 0.25) is 0 Å². The quantitative estimate of drug-likeness (QED) is 0.719. The van der Waals surface area contributed by atoms with Gasteiger partial charge in [-0.1, -0.05) is 0 Å². The molecule has 1 heterocycles. The average Bonchev–Trinajstić information content (AvgIpc) is 2.12. The largest absolute Gasteiger partial charge is 0.344 e. The summed E-state index contributed by atoms with van der Waals surface area (Å²) in [6.45, 7) is 0. The van der Waals surface area contributed by atoms with Crippen LogP contribution in [0, 0.1) is 3.57 Å². The molecule has 0 atom stereocenters. The van der Waals surface area contributed by atoms with Crippen LogP contribution in [0.15, 0.2) is 12.4 Å². The standard InChI is InChI=1S/C3H3IN2O2/c7-4(8)3-1-5-6-2-3/h1-2H,(H,5,6). The van der Waals surface area contributed by atoms with Gasteiger partial charge in [0.05, 0.1) is 6.20 Å². The number of nitrogens with zero attached hydrogens (tertiary/aromatic N) is 1. The van der Waals surface area contributed by atoms with Gasteiger partial charge in [0.25, 0.3) is 0 Å². The zero-order valence-electron chi connectivity index (χ0n) is 3.80. The van der Waals surface area contributed by atoms with Crippen LogP contribution in [0.1, 0.15) is 0 Å². The Morgan fingerprint density at radius 1 is 1.62 bits per heavy atom. The minimum atomic E-state index is -3.22. The Kier molecular flexibility index (Phi) is 1.56. The summed E-state index contributed by atoms with van der Waals surface area (Å²) in [5.41, 5.74) is 0. The summed E-state index contributed by atoms with van der Waals surface area (Å²) in [6.07, 6.45) is 2.66. The van der Waals surface area contributed by atoms with Crippen LogP contribution in [0.4, 0.5) is 0 Å². The molecule has 0 saturated carbocycles. The molecular weight excluding hydrogens is 223 g/mol. The molecule has 4 nitrogen and oxygen atoms in total. The number of rotatable bonds is 1. The van der Waals surface area contributed by atoms with E-state index in [1.807, 2.05) is 0 Å². The molecule has 1 aromatic rings. The summed E-state index contributed by atoms with van der Waals surface area (Å²) < 4.78 is 20.6. The van der Waals surface area contributed by atoms with Gasteiger partial charge in [-0.05, 0) is 0 Å².